The van der Waals surface area contributed by atoms with E-state index in [2.05, 4.69) is 40.5 Å². The maximum Gasteiger partial charge on any atom is 0.145 e. The van der Waals surface area contributed by atoms with E-state index in [0.717, 1.165) is 48.8 Å². The lowest BCUT2D eigenvalue weighted by Gasteiger charge is -2.33. The van der Waals surface area contributed by atoms with Crippen LogP contribution in [-0.2, 0) is 6.42 Å². The fourth-order valence-corrected chi connectivity index (χ4v) is 4.55. The second-order valence-electron chi connectivity index (χ2n) is 8.79. The summed E-state index contributed by atoms with van der Waals surface area (Å²) in [4.78, 5) is 2.53. The minimum Gasteiger partial charge on any atom is -0.491 e. The SMILES string of the molecule is C[C@H](O)CN[C@H]1CCCN(CCc2cc(Cl)c(OCC3CC3)c3ccccc23)C1. The smallest absolute Gasteiger partial charge is 0.145 e. The molecule has 158 valence electrons. The highest BCUT2D eigenvalue weighted by molar-refractivity contribution is 6.33. The van der Waals surface area contributed by atoms with Gasteiger partial charge in [0.25, 0.3) is 0 Å². The second kappa shape index (κ2) is 9.65. The molecule has 2 N–H and O–H groups in total. The molecule has 1 aliphatic heterocycles. The lowest BCUT2D eigenvalue weighted by Crippen LogP contribution is -2.47. The number of aliphatic hydroxyl groups is 1. The Bertz CT molecular complexity index is 822. The molecule has 2 atom stereocenters. The summed E-state index contributed by atoms with van der Waals surface area (Å²) >= 11 is 6.66. The summed E-state index contributed by atoms with van der Waals surface area (Å²) in [5.74, 6) is 1.55. The van der Waals surface area contributed by atoms with Gasteiger partial charge in [-0.25, -0.2) is 0 Å². The molecule has 1 heterocycles. The molecule has 2 aromatic carbocycles. The third-order valence-electron chi connectivity index (χ3n) is 6.10. The highest BCUT2D eigenvalue weighted by atomic mass is 35.5. The summed E-state index contributed by atoms with van der Waals surface area (Å²) < 4.78 is 6.11. The van der Waals surface area contributed by atoms with E-state index in [-0.39, 0.29) is 6.10 Å². The average molecular weight is 417 g/mol. The van der Waals surface area contributed by atoms with Crippen LogP contribution in [0.2, 0.25) is 5.02 Å². The van der Waals surface area contributed by atoms with Crippen molar-refractivity contribution < 1.29 is 9.84 Å². The molecule has 2 fully saturated rings. The van der Waals surface area contributed by atoms with Crippen molar-refractivity contribution in [3.63, 3.8) is 0 Å². The van der Waals surface area contributed by atoms with Crippen LogP contribution < -0.4 is 10.1 Å². The van der Waals surface area contributed by atoms with Gasteiger partial charge in [-0.15, -0.1) is 0 Å². The summed E-state index contributed by atoms with van der Waals surface area (Å²) in [7, 11) is 0. The van der Waals surface area contributed by atoms with E-state index in [9.17, 15) is 5.11 Å². The molecule has 0 bridgehead atoms. The molecule has 0 amide bonds. The predicted octanol–water partition coefficient (Wildman–Crippen LogP) is 4.26. The monoisotopic (exact) mass is 416 g/mol. The van der Waals surface area contributed by atoms with Crippen molar-refractivity contribution >= 4 is 22.4 Å². The van der Waals surface area contributed by atoms with Crippen LogP contribution >= 0.6 is 11.6 Å². The fraction of sp³-hybridized carbons (Fsp3) is 0.583. The molecular weight excluding hydrogens is 384 g/mol. The second-order valence-corrected chi connectivity index (χ2v) is 9.20. The van der Waals surface area contributed by atoms with Crippen LogP contribution in [0.5, 0.6) is 5.75 Å². The number of nitrogens with zero attached hydrogens (tertiary/aromatic N) is 1. The molecule has 0 radical (unpaired) electrons. The molecule has 29 heavy (non-hydrogen) atoms. The summed E-state index contributed by atoms with van der Waals surface area (Å²) in [6.07, 6.45) is 5.62. The first-order chi connectivity index (χ1) is 14.1. The molecule has 5 heteroatoms. The number of ether oxygens (including phenoxy) is 1. The van der Waals surface area contributed by atoms with Crippen molar-refractivity contribution in [2.45, 2.75) is 51.2 Å². The molecule has 1 aliphatic carbocycles. The van der Waals surface area contributed by atoms with E-state index < -0.39 is 0 Å². The highest BCUT2D eigenvalue weighted by Crippen LogP contribution is 2.38. The lowest BCUT2D eigenvalue weighted by atomic mass is 10.00. The number of aliphatic hydroxyl groups excluding tert-OH is 1. The molecule has 2 aliphatic rings. The number of benzene rings is 2. The van der Waals surface area contributed by atoms with Gasteiger partial charge in [-0.05, 0) is 68.5 Å². The Hall–Kier alpha value is -1.33. The summed E-state index contributed by atoms with van der Waals surface area (Å²) in [5, 5.41) is 16.1. The number of hydrogen-bond donors (Lipinski definition) is 2. The summed E-state index contributed by atoms with van der Waals surface area (Å²) in [6.45, 7) is 6.48. The highest BCUT2D eigenvalue weighted by Gasteiger charge is 2.24. The Morgan fingerprint density at radius 3 is 2.79 bits per heavy atom. The van der Waals surface area contributed by atoms with Crippen LogP contribution in [0.25, 0.3) is 10.8 Å². The van der Waals surface area contributed by atoms with E-state index >= 15 is 0 Å². The van der Waals surface area contributed by atoms with Crippen LogP contribution in [0.1, 0.15) is 38.2 Å². The van der Waals surface area contributed by atoms with Crippen LogP contribution in [0.3, 0.4) is 0 Å². The van der Waals surface area contributed by atoms with Crippen molar-refractivity contribution in [1.82, 2.24) is 10.2 Å². The van der Waals surface area contributed by atoms with Gasteiger partial charge >= 0.3 is 0 Å². The Labute approximate surface area is 179 Å². The quantitative estimate of drug-likeness (QED) is 0.641. The number of piperidine rings is 1. The number of likely N-dealkylation sites (tertiary alicyclic amines) is 1. The molecule has 4 rings (SSSR count). The van der Waals surface area contributed by atoms with Gasteiger partial charge in [0.1, 0.15) is 5.75 Å². The molecule has 1 saturated carbocycles. The third kappa shape index (κ3) is 5.64. The van der Waals surface area contributed by atoms with Crippen LogP contribution in [-0.4, -0.2) is 54.9 Å². The van der Waals surface area contributed by atoms with Crippen LogP contribution in [0.4, 0.5) is 0 Å². The maximum atomic E-state index is 9.52. The minimum absolute atomic E-state index is 0.292. The Kier molecular flexibility index (Phi) is 6.96. The average Bonchev–Trinajstić information content (AvgIpc) is 3.55. The number of rotatable bonds is 9. The minimum atomic E-state index is -0.292. The van der Waals surface area contributed by atoms with E-state index in [4.69, 9.17) is 16.3 Å². The Morgan fingerprint density at radius 2 is 2.03 bits per heavy atom. The molecule has 4 nitrogen and oxygen atoms in total. The van der Waals surface area contributed by atoms with Gasteiger partial charge in [0.15, 0.2) is 0 Å². The largest absolute Gasteiger partial charge is 0.491 e. The van der Waals surface area contributed by atoms with Crippen LogP contribution in [0.15, 0.2) is 30.3 Å². The number of nitrogens with one attached hydrogen (secondary N) is 1. The molecule has 2 aromatic rings. The number of hydrogen-bond acceptors (Lipinski definition) is 4. The maximum absolute atomic E-state index is 9.52. The zero-order chi connectivity index (χ0) is 20.2. The van der Waals surface area contributed by atoms with Gasteiger partial charge < -0.3 is 20.1 Å². The zero-order valence-electron chi connectivity index (χ0n) is 17.4. The van der Waals surface area contributed by atoms with Crippen molar-refractivity contribution in [1.29, 1.82) is 0 Å². The van der Waals surface area contributed by atoms with Gasteiger partial charge in [-0.3, -0.25) is 0 Å². The van der Waals surface area contributed by atoms with Crippen LogP contribution in [0, 0.1) is 5.92 Å². The van der Waals surface area contributed by atoms with Crippen molar-refractivity contribution in [3.8, 4) is 5.75 Å². The van der Waals surface area contributed by atoms with Crippen molar-refractivity contribution in [2.75, 3.05) is 32.8 Å². The fourth-order valence-electron chi connectivity index (χ4n) is 4.27. The first kappa shape index (κ1) is 20.9. The van der Waals surface area contributed by atoms with Gasteiger partial charge in [-0.2, -0.15) is 0 Å². The summed E-state index contributed by atoms with van der Waals surface area (Å²) in [5.41, 5.74) is 1.29. The van der Waals surface area contributed by atoms with E-state index in [1.807, 2.05) is 6.92 Å². The molecular formula is C24H33ClN2O2. The topological polar surface area (TPSA) is 44.7 Å². The molecule has 0 unspecified atom stereocenters. The van der Waals surface area contributed by atoms with Crippen molar-refractivity contribution in [2.24, 2.45) is 5.92 Å². The molecule has 0 spiro atoms. The van der Waals surface area contributed by atoms with Crippen molar-refractivity contribution in [3.05, 3.63) is 40.9 Å². The molecule has 1 saturated heterocycles. The number of halogens is 1. The normalized spacial score (nSPS) is 21.4. The zero-order valence-corrected chi connectivity index (χ0v) is 18.1. The standard InChI is InChI=1S/C24H33ClN2O2/c1-17(28)14-26-20-5-4-11-27(15-20)12-10-19-13-23(25)24(29-16-18-8-9-18)22-7-3-2-6-21(19)22/h2-3,6-7,13,17-18,20,26,28H,4-5,8-12,14-16H2,1H3/t17-,20-/m0/s1. The Morgan fingerprint density at radius 1 is 1.24 bits per heavy atom. The predicted molar refractivity (Wildman–Crippen MR) is 120 cm³/mol. The molecule has 0 aromatic heterocycles. The number of fused-ring (bicyclic) bond motifs is 1. The third-order valence-corrected chi connectivity index (χ3v) is 6.38. The van der Waals surface area contributed by atoms with Gasteiger partial charge in [0, 0.05) is 31.1 Å². The lowest BCUT2D eigenvalue weighted by molar-refractivity contribution is 0.157. The van der Waals surface area contributed by atoms with Gasteiger partial charge in [-0.1, -0.05) is 35.9 Å². The van der Waals surface area contributed by atoms with E-state index in [0.29, 0.717) is 18.5 Å². The first-order valence-electron chi connectivity index (χ1n) is 11.1. The summed E-state index contributed by atoms with van der Waals surface area (Å²) in [6, 6.07) is 11.1. The van der Waals surface area contributed by atoms with Gasteiger partial charge in [0.05, 0.1) is 17.7 Å². The van der Waals surface area contributed by atoms with E-state index in [1.165, 1.54) is 36.6 Å². The van der Waals surface area contributed by atoms with E-state index in [1.54, 1.807) is 0 Å². The van der Waals surface area contributed by atoms with Gasteiger partial charge in [0.2, 0.25) is 0 Å². The Balaban J connectivity index is 1.43. The first-order valence-corrected chi connectivity index (χ1v) is 11.4.